The van der Waals surface area contributed by atoms with E-state index in [4.69, 9.17) is 10.5 Å². The van der Waals surface area contributed by atoms with Crippen LogP contribution in [-0.4, -0.2) is 41.1 Å². The van der Waals surface area contributed by atoms with Gasteiger partial charge in [-0.3, -0.25) is 4.79 Å². The van der Waals surface area contributed by atoms with Crippen LogP contribution in [0.2, 0.25) is 0 Å². The lowest BCUT2D eigenvalue weighted by atomic mass is 10.1. The number of amides is 1. The van der Waals surface area contributed by atoms with E-state index in [0.29, 0.717) is 0 Å². The Morgan fingerprint density at radius 1 is 1.15 bits per heavy atom. The summed E-state index contributed by atoms with van der Waals surface area (Å²) >= 11 is 0. The number of hydrogen-bond acceptors (Lipinski definition) is 5. The first kappa shape index (κ1) is 20.1. The molecular weight excluding hydrogens is 354 g/mol. The van der Waals surface area contributed by atoms with Gasteiger partial charge >= 0.3 is 0 Å². The highest BCUT2D eigenvalue weighted by molar-refractivity contribution is 7.89. The molecule has 4 N–H and O–H groups in total. The van der Waals surface area contributed by atoms with Crippen molar-refractivity contribution in [3.8, 4) is 0 Å². The summed E-state index contributed by atoms with van der Waals surface area (Å²) < 4.78 is 31.7. The zero-order valence-electron chi connectivity index (χ0n) is 14.5. The van der Waals surface area contributed by atoms with Crippen LogP contribution in [-0.2, 0) is 14.8 Å². The molecule has 0 aliphatic heterocycles. The highest BCUT2D eigenvalue weighted by atomic mass is 32.2. The fourth-order valence-electron chi connectivity index (χ4n) is 2.29. The van der Waals surface area contributed by atoms with Crippen molar-refractivity contribution >= 4 is 15.9 Å². The van der Waals surface area contributed by atoms with E-state index in [9.17, 15) is 13.2 Å². The van der Waals surface area contributed by atoms with Crippen LogP contribution in [0.5, 0.6) is 0 Å². The second kappa shape index (κ2) is 9.44. The van der Waals surface area contributed by atoms with Crippen LogP contribution in [0.4, 0.5) is 0 Å². The molecular formula is C18H23N3O4S. The van der Waals surface area contributed by atoms with E-state index < -0.39 is 10.0 Å². The molecule has 0 spiro atoms. The number of ether oxygens (including phenoxy) is 1. The number of rotatable bonds is 9. The first-order chi connectivity index (χ1) is 12.4. The van der Waals surface area contributed by atoms with Crippen LogP contribution in [0, 0.1) is 0 Å². The van der Waals surface area contributed by atoms with Gasteiger partial charge in [0.25, 0.3) is 5.91 Å². The number of hydrogen-bond donors (Lipinski definition) is 3. The second-order valence-corrected chi connectivity index (χ2v) is 7.41. The fourth-order valence-corrected chi connectivity index (χ4v) is 3.35. The number of nitrogens with two attached hydrogens (primary N) is 1. The Labute approximate surface area is 153 Å². The van der Waals surface area contributed by atoms with Gasteiger partial charge in [0, 0.05) is 31.8 Å². The number of carbonyl (C=O) groups is 1. The van der Waals surface area contributed by atoms with Crippen LogP contribution >= 0.6 is 0 Å². The van der Waals surface area contributed by atoms with Gasteiger partial charge in [0.1, 0.15) is 0 Å². The highest BCUT2D eigenvalue weighted by Gasteiger charge is 2.16. The minimum absolute atomic E-state index is 0.0219. The molecule has 0 saturated carbocycles. The Balaban J connectivity index is 2.01. The lowest BCUT2D eigenvalue weighted by molar-refractivity contribution is 0.0951. The summed E-state index contributed by atoms with van der Waals surface area (Å²) in [6.07, 6.45) is 0. The number of carbonyl (C=O) groups excluding carboxylic acids is 1. The lowest BCUT2D eigenvalue weighted by Crippen LogP contribution is -2.32. The number of nitrogens with one attached hydrogen (secondary N) is 2. The standard InChI is InChI=1S/C18H23N3O4S/c1-25-11-10-21-26(23,24)16-9-5-8-15(12-16)18(22)20-13-17(19)14-6-3-2-4-7-14/h2-9,12,17,21H,10-11,13,19H2,1H3,(H,20,22). The normalized spacial score (nSPS) is 12.5. The predicted molar refractivity (Wildman–Crippen MR) is 99.2 cm³/mol. The minimum atomic E-state index is -3.70. The molecule has 0 radical (unpaired) electrons. The smallest absolute Gasteiger partial charge is 0.251 e. The molecule has 2 aromatic carbocycles. The molecule has 0 fully saturated rings. The molecule has 26 heavy (non-hydrogen) atoms. The molecule has 2 aromatic rings. The molecule has 1 atom stereocenters. The van der Waals surface area contributed by atoms with Crippen LogP contribution in [0.15, 0.2) is 59.5 Å². The predicted octanol–water partition coefficient (Wildman–Crippen LogP) is 1.04. The summed E-state index contributed by atoms with van der Waals surface area (Å²) in [7, 11) is -2.21. The van der Waals surface area contributed by atoms with E-state index in [1.54, 1.807) is 6.07 Å². The Hall–Kier alpha value is -2.26. The summed E-state index contributed by atoms with van der Waals surface area (Å²) in [6, 6.07) is 14.9. The monoisotopic (exact) mass is 377 g/mol. The average Bonchev–Trinajstić information content (AvgIpc) is 2.66. The molecule has 0 aliphatic rings. The third-order valence-corrected chi connectivity index (χ3v) is 5.17. The summed E-state index contributed by atoms with van der Waals surface area (Å²) in [5.74, 6) is -0.384. The van der Waals surface area contributed by atoms with E-state index >= 15 is 0 Å². The van der Waals surface area contributed by atoms with Crippen molar-refractivity contribution in [3.63, 3.8) is 0 Å². The topological polar surface area (TPSA) is 111 Å². The Kier molecular flexibility index (Phi) is 7.28. The first-order valence-corrected chi connectivity index (χ1v) is 9.60. The Morgan fingerprint density at radius 3 is 2.58 bits per heavy atom. The molecule has 1 amide bonds. The maximum Gasteiger partial charge on any atom is 0.251 e. The van der Waals surface area contributed by atoms with Crippen LogP contribution < -0.4 is 15.8 Å². The largest absolute Gasteiger partial charge is 0.383 e. The van der Waals surface area contributed by atoms with E-state index in [1.165, 1.54) is 25.3 Å². The van der Waals surface area contributed by atoms with Crippen molar-refractivity contribution in [1.29, 1.82) is 0 Å². The zero-order valence-corrected chi connectivity index (χ0v) is 15.3. The van der Waals surface area contributed by atoms with Gasteiger partial charge < -0.3 is 15.8 Å². The molecule has 0 heterocycles. The van der Waals surface area contributed by atoms with Gasteiger partial charge in [-0.1, -0.05) is 36.4 Å². The average molecular weight is 377 g/mol. The van der Waals surface area contributed by atoms with E-state index in [-0.39, 0.29) is 42.1 Å². The number of methoxy groups -OCH3 is 1. The quantitative estimate of drug-likeness (QED) is 0.566. The maximum absolute atomic E-state index is 12.3. The third-order valence-electron chi connectivity index (χ3n) is 3.72. The molecule has 1 unspecified atom stereocenters. The van der Waals surface area contributed by atoms with Crippen molar-refractivity contribution in [1.82, 2.24) is 10.0 Å². The minimum Gasteiger partial charge on any atom is -0.383 e. The molecule has 0 aromatic heterocycles. The van der Waals surface area contributed by atoms with Gasteiger partial charge in [-0.05, 0) is 23.8 Å². The molecule has 2 rings (SSSR count). The Morgan fingerprint density at radius 2 is 1.88 bits per heavy atom. The molecule has 8 heteroatoms. The van der Waals surface area contributed by atoms with Gasteiger partial charge in [-0.15, -0.1) is 0 Å². The SMILES string of the molecule is COCCNS(=O)(=O)c1cccc(C(=O)NCC(N)c2ccccc2)c1. The maximum atomic E-state index is 12.3. The van der Waals surface area contributed by atoms with Crippen LogP contribution in [0.3, 0.4) is 0 Å². The van der Waals surface area contributed by atoms with Gasteiger partial charge in [-0.2, -0.15) is 0 Å². The lowest BCUT2D eigenvalue weighted by Gasteiger charge is -2.13. The zero-order chi connectivity index (χ0) is 19.0. The molecule has 0 aliphatic carbocycles. The van der Waals surface area contributed by atoms with Gasteiger partial charge in [0.05, 0.1) is 11.5 Å². The van der Waals surface area contributed by atoms with E-state index in [1.807, 2.05) is 30.3 Å². The van der Waals surface area contributed by atoms with E-state index in [0.717, 1.165) is 5.56 Å². The summed E-state index contributed by atoms with van der Waals surface area (Å²) in [4.78, 5) is 12.3. The third kappa shape index (κ3) is 5.63. The van der Waals surface area contributed by atoms with Crippen molar-refractivity contribution in [2.24, 2.45) is 5.73 Å². The fraction of sp³-hybridized carbons (Fsp3) is 0.278. The van der Waals surface area contributed by atoms with Gasteiger partial charge in [-0.25, -0.2) is 13.1 Å². The van der Waals surface area contributed by atoms with Crippen molar-refractivity contribution in [2.45, 2.75) is 10.9 Å². The van der Waals surface area contributed by atoms with Crippen molar-refractivity contribution < 1.29 is 17.9 Å². The number of benzene rings is 2. The second-order valence-electron chi connectivity index (χ2n) is 5.65. The van der Waals surface area contributed by atoms with Crippen molar-refractivity contribution in [2.75, 3.05) is 26.8 Å². The first-order valence-electron chi connectivity index (χ1n) is 8.11. The van der Waals surface area contributed by atoms with E-state index in [2.05, 4.69) is 10.0 Å². The Bertz CT molecular complexity index is 825. The van der Waals surface area contributed by atoms with Gasteiger partial charge in [0.15, 0.2) is 0 Å². The summed E-state index contributed by atoms with van der Waals surface area (Å²) in [5, 5.41) is 2.73. The molecule has 0 bridgehead atoms. The number of sulfonamides is 1. The van der Waals surface area contributed by atoms with Crippen LogP contribution in [0.25, 0.3) is 0 Å². The molecule has 0 saturated heterocycles. The van der Waals surface area contributed by atoms with Gasteiger partial charge in [0.2, 0.25) is 10.0 Å². The summed E-state index contributed by atoms with van der Waals surface area (Å²) in [5.41, 5.74) is 7.21. The molecule has 140 valence electrons. The van der Waals surface area contributed by atoms with Crippen molar-refractivity contribution in [3.05, 3.63) is 65.7 Å². The highest BCUT2D eigenvalue weighted by Crippen LogP contribution is 2.12. The molecule has 7 nitrogen and oxygen atoms in total. The van der Waals surface area contributed by atoms with Crippen LogP contribution in [0.1, 0.15) is 22.0 Å². The summed E-state index contributed by atoms with van der Waals surface area (Å²) in [6.45, 7) is 0.657.